The Morgan fingerprint density at radius 2 is 2.07 bits per heavy atom. The quantitative estimate of drug-likeness (QED) is 0.679. The molecule has 76 valence electrons. The highest BCUT2D eigenvalue weighted by atomic mass is 16.1. The van der Waals surface area contributed by atoms with Crippen molar-refractivity contribution in [2.45, 2.75) is 44.6 Å². The summed E-state index contributed by atoms with van der Waals surface area (Å²) in [5, 5.41) is 11.9. The average Bonchev–Trinajstić information content (AvgIpc) is 2.19. The first kappa shape index (κ1) is 10.8. The molecule has 1 saturated carbocycles. The van der Waals surface area contributed by atoms with Gasteiger partial charge >= 0.3 is 0 Å². The van der Waals surface area contributed by atoms with Gasteiger partial charge in [0, 0.05) is 0 Å². The zero-order valence-corrected chi connectivity index (χ0v) is 8.55. The Morgan fingerprint density at radius 1 is 1.43 bits per heavy atom. The Balaban J connectivity index is 2.61. The van der Waals surface area contributed by atoms with E-state index >= 15 is 0 Å². The lowest BCUT2D eigenvalue weighted by molar-refractivity contribution is -0.118. The maximum absolute atomic E-state index is 11.3. The van der Waals surface area contributed by atoms with Gasteiger partial charge < -0.3 is 5.32 Å². The topological polar surface area (TPSA) is 52.9 Å². The lowest BCUT2D eigenvalue weighted by Crippen LogP contribution is -2.48. The van der Waals surface area contributed by atoms with Gasteiger partial charge in [-0.25, -0.2) is 0 Å². The van der Waals surface area contributed by atoms with Gasteiger partial charge in [-0.3, -0.25) is 4.79 Å². The Bertz CT molecular complexity index is 270. The van der Waals surface area contributed by atoms with E-state index in [1.165, 1.54) is 12.5 Å². The molecule has 0 aromatic rings. The summed E-state index contributed by atoms with van der Waals surface area (Å²) in [6, 6.07) is 2.24. The predicted molar refractivity (Wildman–Crippen MR) is 54.4 cm³/mol. The van der Waals surface area contributed by atoms with Crippen LogP contribution in [-0.2, 0) is 4.79 Å². The summed E-state index contributed by atoms with van der Waals surface area (Å²) < 4.78 is 0. The summed E-state index contributed by atoms with van der Waals surface area (Å²) >= 11 is 0. The van der Waals surface area contributed by atoms with Crippen molar-refractivity contribution in [2.75, 3.05) is 0 Å². The number of carbonyl (C=O) groups excluding carboxylic acids is 1. The van der Waals surface area contributed by atoms with Gasteiger partial charge in [-0.1, -0.05) is 25.3 Å². The molecule has 0 heterocycles. The van der Waals surface area contributed by atoms with Gasteiger partial charge in [-0.2, -0.15) is 5.26 Å². The molecule has 3 heteroatoms. The molecular formula is C11H16N2O. The summed E-state index contributed by atoms with van der Waals surface area (Å²) in [5.41, 5.74) is -0.602. The van der Waals surface area contributed by atoms with Gasteiger partial charge in [0.2, 0.25) is 5.91 Å². The molecule has 1 fully saturated rings. The Morgan fingerprint density at radius 3 is 2.57 bits per heavy atom. The maximum Gasteiger partial charge on any atom is 0.244 e. The van der Waals surface area contributed by atoms with Gasteiger partial charge in [0.25, 0.3) is 0 Å². The number of nitrogens with one attached hydrogen (secondary N) is 1. The second kappa shape index (κ2) is 4.80. The van der Waals surface area contributed by atoms with Crippen LogP contribution >= 0.6 is 0 Å². The first-order valence-electron chi connectivity index (χ1n) is 5.08. The summed E-state index contributed by atoms with van der Waals surface area (Å²) in [6.45, 7) is 1.79. The molecule has 0 spiro atoms. The van der Waals surface area contributed by atoms with Crippen molar-refractivity contribution in [1.82, 2.24) is 5.32 Å². The molecule has 0 aromatic heterocycles. The lowest BCUT2D eigenvalue weighted by Gasteiger charge is -2.30. The molecule has 0 radical (unpaired) electrons. The molecule has 0 atom stereocenters. The second-order valence-corrected chi connectivity index (χ2v) is 3.74. The first-order chi connectivity index (χ1) is 6.72. The van der Waals surface area contributed by atoms with E-state index in [4.69, 9.17) is 5.26 Å². The number of hydrogen-bond acceptors (Lipinski definition) is 2. The summed E-state index contributed by atoms with van der Waals surface area (Å²) in [7, 11) is 0. The summed E-state index contributed by atoms with van der Waals surface area (Å²) in [5.74, 6) is -0.157. The largest absolute Gasteiger partial charge is 0.334 e. The zero-order chi connectivity index (χ0) is 10.4. The van der Waals surface area contributed by atoms with Crippen LogP contribution in [-0.4, -0.2) is 11.4 Å². The fraction of sp³-hybridized carbons (Fsp3) is 0.636. The third-order valence-corrected chi connectivity index (χ3v) is 2.60. The number of nitriles is 1. The van der Waals surface area contributed by atoms with Crippen LogP contribution in [0.2, 0.25) is 0 Å². The van der Waals surface area contributed by atoms with Crippen molar-refractivity contribution in [3.8, 4) is 6.07 Å². The van der Waals surface area contributed by atoms with Crippen molar-refractivity contribution >= 4 is 5.91 Å². The number of amides is 1. The molecule has 1 aliphatic carbocycles. The van der Waals surface area contributed by atoms with Gasteiger partial charge in [0.1, 0.15) is 5.54 Å². The zero-order valence-electron chi connectivity index (χ0n) is 8.55. The molecule has 14 heavy (non-hydrogen) atoms. The van der Waals surface area contributed by atoms with E-state index in [9.17, 15) is 4.79 Å². The van der Waals surface area contributed by atoms with Crippen molar-refractivity contribution in [3.63, 3.8) is 0 Å². The van der Waals surface area contributed by atoms with E-state index in [1.54, 1.807) is 13.0 Å². The highest BCUT2D eigenvalue weighted by Crippen LogP contribution is 2.27. The van der Waals surface area contributed by atoms with Crippen molar-refractivity contribution in [1.29, 1.82) is 5.26 Å². The minimum atomic E-state index is -0.602. The standard InChI is InChI=1S/C11H16N2O/c1-2-6-10(14)13-11(9-12)7-4-3-5-8-11/h2,6H,3-5,7-8H2,1H3,(H,13,14)/b6-2+. The van der Waals surface area contributed by atoms with Gasteiger partial charge in [-0.15, -0.1) is 0 Å². The lowest BCUT2D eigenvalue weighted by atomic mass is 9.83. The number of hydrogen-bond donors (Lipinski definition) is 1. The number of nitrogens with zero attached hydrogens (tertiary/aromatic N) is 1. The third kappa shape index (κ3) is 2.59. The number of rotatable bonds is 2. The van der Waals surface area contributed by atoms with E-state index in [1.807, 2.05) is 0 Å². The Hall–Kier alpha value is -1.30. The Labute approximate surface area is 84.8 Å². The van der Waals surface area contributed by atoms with E-state index in [-0.39, 0.29) is 5.91 Å². The highest BCUT2D eigenvalue weighted by Gasteiger charge is 2.32. The van der Waals surface area contributed by atoms with Crippen LogP contribution in [0.5, 0.6) is 0 Å². The smallest absolute Gasteiger partial charge is 0.244 e. The molecule has 0 aliphatic heterocycles. The SMILES string of the molecule is C/C=C/C(=O)NC1(C#N)CCCCC1. The van der Waals surface area contributed by atoms with Crippen molar-refractivity contribution < 1.29 is 4.79 Å². The van der Waals surface area contributed by atoms with E-state index in [2.05, 4.69) is 11.4 Å². The van der Waals surface area contributed by atoms with Crippen LogP contribution in [0.25, 0.3) is 0 Å². The minimum Gasteiger partial charge on any atom is -0.334 e. The van der Waals surface area contributed by atoms with Crippen LogP contribution < -0.4 is 5.32 Å². The highest BCUT2D eigenvalue weighted by molar-refractivity contribution is 5.88. The van der Waals surface area contributed by atoms with Crippen LogP contribution in [0.15, 0.2) is 12.2 Å². The summed E-state index contributed by atoms with van der Waals surface area (Å²) in [6.07, 6.45) is 7.95. The third-order valence-electron chi connectivity index (χ3n) is 2.60. The van der Waals surface area contributed by atoms with Crippen LogP contribution in [0.3, 0.4) is 0 Å². The summed E-state index contributed by atoms with van der Waals surface area (Å²) in [4.78, 5) is 11.3. The molecule has 1 N–H and O–H groups in total. The fourth-order valence-corrected chi connectivity index (χ4v) is 1.85. The molecule has 1 aliphatic rings. The molecule has 0 aromatic carbocycles. The van der Waals surface area contributed by atoms with Gasteiger partial charge in [0.15, 0.2) is 0 Å². The van der Waals surface area contributed by atoms with E-state index < -0.39 is 5.54 Å². The van der Waals surface area contributed by atoms with E-state index in [0.717, 1.165) is 25.7 Å². The van der Waals surface area contributed by atoms with E-state index in [0.29, 0.717) is 0 Å². The normalized spacial score (nSPS) is 20.3. The monoisotopic (exact) mass is 192 g/mol. The predicted octanol–water partition coefficient (Wildman–Crippen LogP) is 1.91. The molecule has 0 saturated heterocycles. The molecule has 3 nitrogen and oxygen atoms in total. The van der Waals surface area contributed by atoms with Gasteiger partial charge in [-0.05, 0) is 25.8 Å². The average molecular weight is 192 g/mol. The van der Waals surface area contributed by atoms with Crippen LogP contribution in [0.1, 0.15) is 39.0 Å². The molecule has 1 rings (SSSR count). The van der Waals surface area contributed by atoms with Crippen LogP contribution in [0.4, 0.5) is 0 Å². The number of allylic oxidation sites excluding steroid dienone is 1. The molecule has 1 amide bonds. The van der Waals surface area contributed by atoms with Crippen LogP contribution in [0, 0.1) is 11.3 Å². The second-order valence-electron chi connectivity index (χ2n) is 3.74. The number of carbonyl (C=O) groups is 1. The Kier molecular flexibility index (Phi) is 3.70. The molecular weight excluding hydrogens is 176 g/mol. The molecule has 0 unspecified atom stereocenters. The fourth-order valence-electron chi connectivity index (χ4n) is 1.85. The first-order valence-corrected chi connectivity index (χ1v) is 5.08. The molecule has 0 bridgehead atoms. The van der Waals surface area contributed by atoms with Gasteiger partial charge in [0.05, 0.1) is 6.07 Å². The van der Waals surface area contributed by atoms with Crippen molar-refractivity contribution in [3.05, 3.63) is 12.2 Å². The minimum absolute atomic E-state index is 0.157. The maximum atomic E-state index is 11.3. The van der Waals surface area contributed by atoms with Crippen molar-refractivity contribution in [2.24, 2.45) is 0 Å².